The number of hydrogen-bond acceptors (Lipinski definition) is 7. The van der Waals surface area contributed by atoms with E-state index in [9.17, 15) is 27.5 Å². The third-order valence-corrected chi connectivity index (χ3v) is 8.99. The number of halogens is 1. The number of carbonyl (C=O) groups is 2. The van der Waals surface area contributed by atoms with Gasteiger partial charge in [0.05, 0.1) is 42.4 Å². The lowest BCUT2D eigenvalue weighted by molar-refractivity contribution is 0.0779. The van der Waals surface area contributed by atoms with E-state index < -0.39 is 45.8 Å². The van der Waals surface area contributed by atoms with E-state index >= 15 is 0 Å². The number of carbonyl (C=O) groups excluding carboxylic acids is 2. The van der Waals surface area contributed by atoms with Crippen LogP contribution in [0.1, 0.15) is 71.3 Å². The summed E-state index contributed by atoms with van der Waals surface area (Å²) in [5.74, 6) is -1.60. The van der Waals surface area contributed by atoms with Gasteiger partial charge < -0.3 is 15.7 Å². The van der Waals surface area contributed by atoms with Crippen molar-refractivity contribution in [3.8, 4) is 0 Å². The van der Waals surface area contributed by atoms with Gasteiger partial charge in [-0.05, 0) is 54.8 Å². The lowest BCUT2D eigenvalue weighted by atomic mass is 9.93. The standard InChI is InChI=1S/C34H41FN6O5S/c1-22(24-12-14-27(35)15-13-24)36-32(43)25-17-26(19-28(18-25)40(5)47(6,45)46)33(44)37-29(16-23-10-8-7-9-11-23)30(42)20-41-21-31(38-39-41)34(2,3)4/h7-15,17-19,21-22,29-30,42H,16,20H2,1-6H3,(H,36,43)(H,37,44)/t22-,29+,30+/m1/s1. The highest BCUT2D eigenvalue weighted by atomic mass is 32.2. The molecule has 0 bridgehead atoms. The Morgan fingerprint density at radius 2 is 1.57 bits per heavy atom. The van der Waals surface area contributed by atoms with E-state index in [-0.39, 0.29) is 35.2 Å². The Morgan fingerprint density at radius 1 is 0.979 bits per heavy atom. The van der Waals surface area contributed by atoms with Crippen molar-refractivity contribution >= 4 is 27.5 Å². The number of rotatable bonds is 12. The average Bonchev–Trinajstić information content (AvgIpc) is 3.49. The average molecular weight is 665 g/mol. The summed E-state index contributed by atoms with van der Waals surface area (Å²) < 4.78 is 40.8. The van der Waals surface area contributed by atoms with Crippen molar-refractivity contribution in [3.05, 3.63) is 113 Å². The summed E-state index contributed by atoms with van der Waals surface area (Å²) in [4.78, 5) is 27.2. The zero-order valence-electron chi connectivity index (χ0n) is 27.3. The molecule has 1 aromatic heterocycles. The first-order valence-electron chi connectivity index (χ1n) is 15.1. The van der Waals surface area contributed by atoms with Crippen LogP contribution >= 0.6 is 0 Å². The number of hydrogen-bond donors (Lipinski definition) is 3. The summed E-state index contributed by atoms with van der Waals surface area (Å²) in [6.45, 7) is 7.78. The number of amides is 2. The van der Waals surface area contributed by atoms with Gasteiger partial charge in [0.15, 0.2) is 0 Å². The van der Waals surface area contributed by atoms with Gasteiger partial charge in [0.25, 0.3) is 11.8 Å². The molecule has 3 atom stereocenters. The fraction of sp³-hybridized carbons (Fsp3) is 0.353. The molecule has 0 saturated heterocycles. The molecule has 250 valence electrons. The van der Waals surface area contributed by atoms with E-state index in [0.717, 1.165) is 21.8 Å². The van der Waals surface area contributed by atoms with E-state index in [1.165, 1.54) is 42.1 Å². The molecule has 1 heterocycles. The molecule has 11 nitrogen and oxygen atoms in total. The second-order valence-corrected chi connectivity index (χ2v) is 14.7. The van der Waals surface area contributed by atoms with E-state index in [2.05, 4.69) is 20.9 Å². The van der Waals surface area contributed by atoms with Crippen LogP contribution in [0.5, 0.6) is 0 Å². The number of nitrogens with zero attached hydrogens (tertiary/aromatic N) is 4. The molecule has 3 N–H and O–H groups in total. The Kier molecular flexibility index (Phi) is 10.8. The summed E-state index contributed by atoms with van der Waals surface area (Å²) in [7, 11) is -2.43. The maximum atomic E-state index is 13.8. The van der Waals surface area contributed by atoms with Gasteiger partial charge in [-0.15, -0.1) is 5.10 Å². The Balaban J connectivity index is 1.64. The van der Waals surface area contributed by atoms with Gasteiger partial charge >= 0.3 is 0 Å². The number of sulfonamides is 1. The van der Waals surface area contributed by atoms with Gasteiger partial charge in [0.2, 0.25) is 10.0 Å². The van der Waals surface area contributed by atoms with Crippen LogP contribution in [0.4, 0.5) is 10.1 Å². The van der Waals surface area contributed by atoms with E-state index in [0.29, 0.717) is 5.56 Å². The summed E-state index contributed by atoms with van der Waals surface area (Å²) in [5, 5.41) is 25.5. The molecule has 0 radical (unpaired) electrons. The van der Waals surface area contributed by atoms with Crippen molar-refractivity contribution < 1.29 is 27.5 Å². The third kappa shape index (κ3) is 9.46. The van der Waals surface area contributed by atoms with Crippen molar-refractivity contribution in [2.24, 2.45) is 0 Å². The predicted molar refractivity (Wildman–Crippen MR) is 178 cm³/mol. The quantitative estimate of drug-likeness (QED) is 0.208. The molecule has 0 aliphatic carbocycles. The maximum absolute atomic E-state index is 13.8. The molecular formula is C34H41FN6O5S. The first-order chi connectivity index (χ1) is 22.0. The number of aromatic nitrogens is 3. The van der Waals surface area contributed by atoms with Crippen LogP contribution in [-0.2, 0) is 28.4 Å². The van der Waals surface area contributed by atoms with Crippen LogP contribution < -0.4 is 14.9 Å². The highest BCUT2D eigenvalue weighted by Gasteiger charge is 2.26. The second-order valence-electron chi connectivity index (χ2n) is 12.7. The van der Waals surface area contributed by atoms with Crippen LogP contribution in [-0.4, -0.2) is 65.8 Å². The number of aliphatic hydroxyl groups is 1. The monoisotopic (exact) mass is 664 g/mol. The molecule has 0 fully saturated rings. The summed E-state index contributed by atoms with van der Waals surface area (Å²) in [5.41, 5.74) is 2.17. The van der Waals surface area contributed by atoms with Gasteiger partial charge in [-0.1, -0.05) is 68.4 Å². The number of benzene rings is 3. The van der Waals surface area contributed by atoms with Crippen molar-refractivity contribution in [1.29, 1.82) is 0 Å². The van der Waals surface area contributed by atoms with Crippen LogP contribution in [0.3, 0.4) is 0 Å². The molecule has 2 amide bonds. The maximum Gasteiger partial charge on any atom is 0.251 e. The number of anilines is 1. The Morgan fingerprint density at radius 3 is 2.13 bits per heavy atom. The zero-order chi connectivity index (χ0) is 34.5. The lowest BCUT2D eigenvalue weighted by Gasteiger charge is -2.25. The van der Waals surface area contributed by atoms with Gasteiger partial charge in [-0.25, -0.2) is 17.5 Å². The molecule has 4 rings (SSSR count). The van der Waals surface area contributed by atoms with E-state index in [1.807, 2.05) is 51.1 Å². The topological polar surface area (TPSA) is 147 Å². The van der Waals surface area contributed by atoms with Crippen LogP contribution in [0.2, 0.25) is 0 Å². The number of nitrogens with one attached hydrogen (secondary N) is 2. The fourth-order valence-electron chi connectivity index (χ4n) is 4.81. The minimum absolute atomic E-state index is 0.0126. The minimum Gasteiger partial charge on any atom is -0.389 e. The van der Waals surface area contributed by atoms with Gasteiger partial charge in [0.1, 0.15) is 5.82 Å². The van der Waals surface area contributed by atoms with Crippen LogP contribution in [0.15, 0.2) is 79.0 Å². The van der Waals surface area contributed by atoms with Gasteiger partial charge in [-0.2, -0.15) is 0 Å². The molecule has 13 heteroatoms. The lowest BCUT2D eigenvalue weighted by Crippen LogP contribution is -2.46. The summed E-state index contributed by atoms with van der Waals surface area (Å²) >= 11 is 0. The normalized spacial score (nSPS) is 13.8. The second kappa shape index (κ2) is 14.4. The molecule has 47 heavy (non-hydrogen) atoms. The first kappa shape index (κ1) is 35.2. The zero-order valence-corrected chi connectivity index (χ0v) is 28.1. The van der Waals surface area contributed by atoms with Crippen molar-refractivity contribution in [2.75, 3.05) is 17.6 Å². The van der Waals surface area contributed by atoms with Crippen molar-refractivity contribution in [1.82, 2.24) is 25.6 Å². The summed E-state index contributed by atoms with van der Waals surface area (Å²) in [6, 6.07) is 17.8. The van der Waals surface area contributed by atoms with E-state index in [4.69, 9.17) is 0 Å². The Hall–Kier alpha value is -4.62. The van der Waals surface area contributed by atoms with Gasteiger partial charge in [0, 0.05) is 29.8 Å². The van der Waals surface area contributed by atoms with Crippen LogP contribution in [0.25, 0.3) is 0 Å². The molecule has 0 spiro atoms. The van der Waals surface area contributed by atoms with Crippen molar-refractivity contribution in [3.63, 3.8) is 0 Å². The Labute approximate surface area is 274 Å². The molecule has 0 saturated carbocycles. The smallest absolute Gasteiger partial charge is 0.251 e. The highest BCUT2D eigenvalue weighted by molar-refractivity contribution is 7.92. The number of aliphatic hydroxyl groups excluding tert-OH is 1. The predicted octanol–water partition coefficient (Wildman–Crippen LogP) is 4.00. The first-order valence-corrected chi connectivity index (χ1v) is 16.9. The highest BCUT2D eigenvalue weighted by Crippen LogP contribution is 2.23. The van der Waals surface area contributed by atoms with Gasteiger partial charge in [-0.3, -0.25) is 13.9 Å². The minimum atomic E-state index is -3.75. The molecule has 0 aliphatic rings. The summed E-state index contributed by atoms with van der Waals surface area (Å²) in [6.07, 6.45) is 1.96. The molecular weight excluding hydrogens is 623 g/mol. The third-order valence-electron chi connectivity index (χ3n) is 7.78. The molecule has 4 aromatic rings. The molecule has 0 aliphatic heterocycles. The SMILES string of the molecule is C[C@@H](NC(=O)c1cc(C(=O)N[C@@H](Cc2ccccc2)[C@@H](O)Cn2cc(C(C)(C)C)nn2)cc(N(C)S(C)(=O)=O)c1)c1ccc(F)cc1. The molecule has 3 aromatic carbocycles. The molecule has 0 unspecified atom stereocenters. The van der Waals surface area contributed by atoms with E-state index in [1.54, 1.807) is 25.3 Å². The fourth-order valence-corrected chi connectivity index (χ4v) is 5.30. The van der Waals surface area contributed by atoms with Crippen LogP contribution in [0, 0.1) is 5.82 Å². The Bertz CT molecular complexity index is 1810. The van der Waals surface area contributed by atoms with Crippen molar-refractivity contribution in [2.45, 2.75) is 64.3 Å². The largest absolute Gasteiger partial charge is 0.389 e.